The smallest absolute Gasteiger partial charge is 0.374 e. The Morgan fingerprint density at radius 3 is 2.50 bits per heavy atom. The molecule has 9 nitrogen and oxygen atoms in total. The molecule has 2 aromatic rings. The first-order chi connectivity index (χ1) is 16.4. The molecule has 2 aliphatic heterocycles. The molecule has 3 heterocycles. The maximum absolute atomic E-state index is 12.9. The standard InChI is InChI=1S/C24H31N3O6S/c1-2-32-24(29)21-8-9-22(33-21)34(30,31)27-14-10-19(11-15-27)23(28)25-20-12-13-26(17-20)16-18-6-4-3-5-7-18/h3-9,19-20H,2,10-17H2,1H3,(H,25,28). The average Bonchev–Trinajstić information content (AvgIpc) is 3.50. The molecule has 1 atom stereocenters. The van der Waals surface area contributed by atoms with Crippen LogP contribution in [0.3, 0.4) is 0 Å². The van der Waals surface area contributed by atoms with Gasteiger partial charge in [0.05, 0.1) is 6.61 Å². The van der Waals surface area contributed by atoms with Crippen LogP contribution in [-0.2, 0) is 26.1 Å². The van der Waals surface area contributed by atoms with Crippen molar-refractivity contribution in [2.45, 2.75) is 43.9 Å². The largest absolute Gasteiger partial charge is 0.460 e. The number of hydrogen-bond donors (Lipinski definition) is 1. The number of carbonyl (C=O) groups is 2. The summed E-state index contributed by atoms with van der Waals surface area (Å²) in [5.41, 5.74) is 1.26. The van der Waals surface area contributed by atoms with Gasteiger partial charge < -0.3 is 14.5 Å². The second kappa shape index (κ2) is 10.7. The van der Waals surface area contributed by atoms with E-state index in [4.69, 9.17) is 9.15 Å². The van der Waals surface area contributed by atoms with E-state index in [1.807, 2.05) is 18.2 Å². The number of piperidine rings is 1. The molecule has 184 valence electrons. The summed E-state index contributed by atoms with van der Waals surface area (Å²) in [6, 6.07) is 13.0. The lowest BCUT2D eigenvalue weighted by atomic mass is 9.97. The number of ether oxygens (including phenoxy) is 1. The second-order valence-corrected chi connectivity index (χ2v) is 10.6. The zero-order valence-electron chi connectivity index (χ0n) is 19.3. The number of furan rings is 1. The van der Waals surface area contributed by atoms with Crippen LogP contribution in [-0.4, -0.2) is 68.3 Å². The van der Waals surface area contributed by atoms with Crippen LogP contribution in [0.5, 0.6) is 0 Å². The van der Waals surface area contributed by atoms with Crippen LogP contribution in [0.2, 0.25) is 0 Å². The molecule has 2 aliphatic rings. The van der Waals surface area contributed by atoms with Gasteiger partial charge in [-0.2, -0.15) is 4.31 Å². The highest BCUT2D eigenvalue weighted by atomic mass is 32.2. The predicted octanol–water partition coefficient (Wildman–Crippen LogP) is 2.25. The zero-order valence-corrected chi connectivity index (χ0v) is 20.1. The third-order valence-electron chi connectivity index (χ3n) is 6.34. The number of nitrogens with zero attached hydrogens (tertiary/aromatic N) is 2. The van der Waals surface area contributed by atoms with Crippen molar-refractivity contribution in [1.29, 1.82) is 0 Å². The first kappa shape index (κ1) is 24.4. The highest BCUT2D eigenvalue weighted by Gasteiger charge is 2.35. The van der Waals surface area contributed by atoms with Gasteiger partial charge >= 0.3 is 5.97 Å². The summed E-state index contributed by atoms with van der Waals surface area (Å²) in [6.07, 6.45) is 1.79. The summed E-state index contributed by atoms with van der Waals surface area (Å²) in [5, 5.41) is 2.87. The molecule has 2 saturated heterocycles. The van der Waals surface area contributed by atoms with E-state index in [1.165, 1.54) is 22.0 Å². The number of carbonyl (C=O) groups excluding carboxylic acids is 2. The Labute approximate surface area is 200 Å². The fourth-order valence-electron chi connectivity index (χ4n) is 4.51. The average molecular weight is 490 g/mol. The Bertz CT molecular complexity index is 1090. The number of sulfonamides is 1. The summed E-state index contributed by atoms with van der Waals surface area (Å²) in [6.45, 7) is 4.90. The molecule has 0 aliphatic carbocycles. The second-order valence-electron chi connectivity index (χ2n) is 8.73. The number of benzene rings is 1. The number of likely N-dealkylation sites (tertiary alicyclic amines) is 1. The third-order valence-corrected chi connectivity index (χ3v) is 8.12. The Kier molecular flexibility index (Phi) is 7.70. The highest BCUT2D eigenvalue weighted by molar-refractivity contribution is 7.89. The van der Waals surface area contributed by atoms with Crippen LogP contribution in [0.4, 0.5) is 0 Å². The fraction of sp³-hybridized carbons (Fsp3) is 0.500. The predicted molar refractivity (Wildman–Crippen MR) is 124 cm³/mol. The minimum Gasteiger partial charge on any atom is -0.460 e. The monoisotopic (exact) mass is 489 g/mol. The van der Waals surface area contributed by atoms with Crippen molar-refractivity contribution in [3.05, 3.63) is 53.8 Å². The first-order valence-corrected chi connectivity index (χ1v) is 13.1. The van der Waals surface area contributed by atoms with Crippen molar-refractivity contribution >= 4 is 21.9 Å². The molecule has 0 spiro atoms. The lowest BCUT2D eigenvalue weighted by Crippen LogP contribution is -2.45. The van der Waals surface area contributed by atoms with Gasteiger partial charge in [-0.1, -0.05) is 30.3 Å². The molecular weight excluding hydrogens is 458 g/mol. The van der Waals surface area contributed by atoms with E-state index in [1.54, 1.807) is 6.92 Å². The molecule has 34 heavy (non-hydrogen) atoms. The van der Waals surface area contributed by atoms with Gasteiger partial charge in [0.15, 0.2) is 0 Å². The fourth-order valence-corrected chi connectivity index (χ4v) is 5.89. The van der Waals surface area contributed by atoms with Gasteiger partial charge in [0.25, 0.3) is 10.0 Å². The van der Waals surface area contributed by atoms with Crippen molar-refractivity contribution in [2.75, 3.05) is 32.8 Å². The summed E-state index contributed by atoms with van der Waals surface area (Å²) in [7, 11) is -3.88. The van der Waals surface area contributed by atoms with Gasteiger partial charge in [0, 0.05) is 44.7 Å². The minimum absolute atomic E-state index is 0.00814. The molecule has 1 N–H and O–H groups in total. The number of esters is 1. The normalized spacial score (nSPS) is 20.3. The topological polar surface area (TPSA) is 109 Å². The molecule has 0 radical (unpaired) electrons. The summed E-state index contributed by atoms with van der Waals surface area (Å²) < 4.78 is 37.2. The Morgan fingerprint density at radius 1 is 1.06 bits per heavy atom. The number of nitrogens with one attached hydrogen (secondary N) is 1. The van der Waals surface area contributed by atoms with E-state index in [-0.39, 0.29) is 48.4 Å². The van der Waals surface area contributed by atoms with Crippen LogP contribution in [0.1, 0.15) is 42.3 Å². The molecule has 0 saturated carbocycles. The van der Waals surface area contributed by atoms with E-state index in [2.05, 4.69) is 22.3 Å². The van der Waals surface area contributed by atoms with Gasteiger partial charge in [0.1, 0.15) is 0 Å². The summed E-state index contributed by atoms with van der Waals surface area (Å²) >= 11 is 0. The van der Waals surface area contributed by atoms with Crippen LogP contribution in [0.25, 0.3) is 0 Å². The Hall–Kier alpha value is -2.69. The number of hydrogen-bond acceptors (Lipinski definition) is 7. The minimum atomic E-state index is -3.88. The molecule has 1 aromatic carbocycles. The van der Waals surface area contributed by atoms with E-state index in [0.29, 0.717) is 12.8 Å². The summed E-state index contributed by atoms with van der Waals surface area (Å²) in [4.78, 5) is 26.9. The van der Waals surface area contributed by atoms with Crippen molar-refractivity contribution in [2.24, 2.45) is 5.92 Å². The molecule has 10 heteroatoms. The van der Waals surface area contributed by atoms with E-state index >= 15 is 0 Å². The van der Waals surface area contributed by atoms with Crippen LogP contribution < -0.4 is 5.32 Å². The molecular formula is C24H31N3O6S. The maximum atomic E-state index is 12.9. The van der Waals surface area contributed by atoms with Crippen molar-refractivity contribution in [1.82, 2.24) is 14.5 Å². The lowest BCUT2D eigenvalue weighted by Gasteiger charge is -2.30. The first-order valence-electron chi connectivity index (χ1n) is 11.7. The van der Waals surface area contributed by atoms with E-state index in [9.17, 15) is 18.0 Å². The molecule has 0 bridgehead atoms. The Morgan fingerprint density at radius 2 is 1.79 bits per heavy atom. The van der Waals surface area contributed by atoms with Crippen LogP contribution >= 0.6 is 0 Å². The van der Waals surface area contributed by atoms with Gasteiger partial charge in [0.2, 0.25) is 16.8 Å². The molecule has 1 amide bonds. The zero-order chi connectivity index (χ0) is 24.1. The molecule has 1 unspecified atom stereocenters. The highest BCUT2D eigenvalue weighted by Crippen LogP contribution is 2.26. The maximum Gasteiger partial charge on any atom is 0.374 e. The van der Waals surface area contributed by atoms with E-state index < -0.39 is 16.0 Å². The third kappa shape index (κ3) is 5.68. The number of amides is 1. The molecule has 2 fully saturated rings. The number of rotatable bonds is 8. The summed E-state index contributed by atoms with van der Waals surface area (Å²) in [5.74, 6) is -1.08. The molecule has 4 rings (SSSR count). The van der Waals surface area contributed by atoms with Crippen LogP contribution in [0.15, 0.2) is 52.0 Å². The van der Waals surface area contributed by atoms with Crippen molar-refractivity contribution in [3.63, 3.8) is 0 Å². The van der Waals surface area contributed by atoms with Gasteiger partial charge in [-0.05, 0) is 43.9 Å². The quantitative estimate of drug-likeness (QED) is 0.567. The van der Waals surface area contributed by atoms with Crippen molar-refractivity contribution < 1.29 is 27.2 Å². The van der Waals surface area contributed by atoms with Gasteiger partial charge in [-0.25, -0.2) is 13.2 Å². The molecule has 1 aromatic heterocycles. The van der Waals surface area contributed by atoms with Gasteiger partial charge in [-0.3, -0.25) is 9.69 Å². The van der Waals surface area contributed by atoms with E-state index in [0.717, 1.165) is 26.1 Å². The lowest BCUT2D eigenvalue weighted by molar-refractivity contribution is -0.126. The SMILES string of the molecule is CCOC(=O)c1ccc(S(=O)(=O)N2CCC(C(=O)NC3CCN(Cc4ccccc4)C3)CC2)o1. The van der Waals surface area contributed by atoms with Crippen molar-refractivity contribution in [3.8, 4) is 0 Å². The Balaban J connectivity index is 1.25. The van der Waals surface area contributed by atoms with Crippen LogP contribution in [0, 0.1) is 5.92 Å². The van der Waals surface area contributed by atoms with Gasteiger partial charge in [-0.15, -0.1) is 0 Å².